The molecule has 0 amide bonds. The van der Waals surface area contributed by atoms with Crippen LogP contribution >= 0.6 is 0 Å². The lowest BCUT2D eigenvalue weighted by Gasteiger charge is -2.22. The highest BCUT2D eigenvalue weighted by Crippen LogP contribution is 2.23. The van der Waals surface area contributed by atoms with E-state index in [1.165, 1.54) is 12.3 Å². The molecule has 2 rings (SSSR count). The molecule has 2 heterocycles. The molecule has 0 aromatic carbocycles. The summed E-state index contributed by atoms with van der Waals surface area (Å²) in [6.07, 6.45) is -0.583. The van der Waals surface area contributed by atoms with E-state index in [1.54, 1.807) is 24.9 Å². The number of hydrogen-bond donors (Lipinski definition) is 2. The average Bonchev–Trinajstić information content (AvgIpc) is 2.84. The summed E-state index contributed by atoms with van der Waals surface area (Å²) in [5, 5.41) is 17.2. The number of ether oxygens (including phenoxy) is 1. The van der Waals surface area contributed by atoms with Gasteiger partial charge in [-0.25, -0.2) is 4.98 Å². The topological polar surface area (TPSA) is 72.2 Å². The maximum atomic E-state index is 12.0. The van der Waals surface area contributed by atoms with Crippen molar-refractivity contribution in [2.75, 3.05) is 11.9 Å². The van der Waals surface area contributed by atoms with Gasteiger partial charge in [0, 0.05) is 25.4 Å². The van der Waals surface area contributed by atoms with Crippen molar-refractivity contribution in [3.8, 4) is 5.75 Å². The lowest BCUT2D eigenvalue weighted by molar-refractivity contribution is -0.274. The molecule has 120 valence electrons. The number of nitrogens with zero attached hydrogens (tertiary/aromatic N) is 3. The van der Waals surface area contributed by atoms with Crippen LogP contribution in [-0.4, -0.2) is 32.8 Å². The first-order chi connectivity index (χ1) is 10.2. The number of aliphatic hydroxyl groups is 1. The molecule has 2 N–H and O–H groups in total. The van der Waals surface area contributed by atoms with Gasteiger partial charge >= 0.3 is 6.36 Å². The molecule has 0 radical (unpaired) electrons. The van der Waals surface area contributed by atoms with Crippen LogP contribution in [0.5, 0.6) is 5.75 Å². The summed E-state index contributed by atoms with van der Waals surface area (Å²) in [5.41, 5.74) is -0.587. The SMILES string of the molecule is Cn1cc(C(C)(O)CNc2ccc(OC(F)(F)F)cn2)cn1. The zero-order valence-electron chi connectivity index (χ0n) is 11.9. The zero-order chi connectivity index (χ0) is 16.4. The second kappa shape index (κ2) is 5.84. The van der Waals surface area contributed by atoms with Gasteiger partial charge in [0.15, 0.2) is 0 Å². The average molecular weight is 316 g/mol. The summed E-state index contributed by atoms with van der Waals surface area (Å²) < 4.78 is 41.4. The smallest absolute Gasteiger partial charge is 0.404 e. The summed E-state index contributed by atoms with van der Waals surface area (Å²) >= 11 is 0. The first-order valence-electron chi connectivity index (χ1n) is 6.33. The highest BCUT2D eigenvalue weighted by molar-refractivity contribution is 5.38. The number of halogens is 3. The minimum Gasteiger partial charge on any atom is -0.404 e. The number of aryl methyl sites for hydroxylation is 1. The van der Waals surface area contributed by atoms with E-state index in [4.69, 9.17) is 0 Å². The predicted molar refractivity (Wildman–Crippen MR) is 72.2 cm³/mol. The number of aromatic nitrogens is 3. The molecule has 0 saturated heterocycles. The monoisotopic (exact) mass is 316 g/mol. The van der Waals surface area contributed by atoms with Gasteiger partial charge in [-0.1, -0.05) is 0 Å². The Labute approximate surface area is 124 Å². The molecule has 0 spiro atoms. The Kier molecular flexibility index (Phi) is 4.27. The lowest BCUT2D eigenvalue weighted by Crippen LogP contribution is -2.30. The van der Waals surface area contributed by atoms with Gasteiger partial charge in [0.1, 0.15) is 17.2 Å². The Bertz CT molecular complexity index is 623. The molecule has 9 heteroatoms. The number of anilines is 1. The van der Waals surface area contributed by atoms with Gasteiger partial charge in [-0.2, -0.15) is 5.10 Å². The maximum absolute atomic E-state index is 12.0. The van der Waals surface area contributed by atoms with Crippen LogP contribution in [0.4, 0.5) is 19.0 Å². The molecule has 0 aliphatic heterocycles. The molecule has 0 fully saturated rings. The van der Waals surface area contributed by atoms with E-state index in [0.717, 1.165) is 12.3 Å². The number of hydrogen-bond acceptors (Lipinski definition) is 5. The molecule has 0 saturated carbocycles. The third-order valence-electron chi connectivity index (χ3n) is 2.91. The van der Waals surface area contributed by atoms with E-state index >= 15 is 0 Å². The van der Waals surface area contributed by atoms with Crippen LogP contribution < -0.4 is 10.1 Å². The first-order valence-corrected chi connectivity index (χ1v) is 6.33. The molecule has 0 aliphatic rings. The largest absolute Gasteiger partial charge is 0.573 e. The molecule has 6 nitrogen and oxygen atoms in total. The van der Waals surface area contributed by atoms with Crippen molar-refractivity contribution >= 4 is 5.82 Å². The van der Waals surface area contributed by atoms with Crippen LogP contribution in [-0.2, 0) is 12.6 Å². The second-order valence-electron chi connectivity index (χ2n) is 4.96. The summed E-state index contributed by atoms with van der Waals surface area (Å²) in [6.45, 7) is 1.71. The Morgan fingerprint density at radius 2 is 2.05 bits per heavy atom. The summed E-state index contributed by atoms with van der Waals surface area (Å²) in [5.74, 6) is -0.0873. The molecule has 0 aliphatic carbocycles. The highest BCUT2D eigenvalue weighted by Gasteiger charge is 2.31. The van der Waals surface area contributed by atoms with Gasteiger partial charge in [0.05, 0.1) is 12.4 Å². The summed E-state index contributed by atoms with van der Waals surface area (Å²) in [7, 11) is 1.73. The molecule has 1 atom stereocenters. The van der Waals surface area contributed by atoms with E-state index in [2.05, 4.69) is 20.1 Å². The van der Waals surface area contributed by atoms with E-state index < -0.39 is 17.7 Å². The Hall–Kier alpha value is -2.29. The highest BCUT2D eigenvalue weighted by atomic mass is 19.4. The molecule has 22 heavy (non-hydrogen) atoms. The number of rotatable bonds is 5. The first kappa shape index (κ1) is 16.1. The van der Waals surface area contributed by atoms with Crippen molar-refractivity contribution in [3.63, 3.8) is 0 Å². The van der Waals surface area contributed by atoms with E-state index in [0.29, 0.717) is 11.4 Å². The van der Waals surface area contributed by atoms with Crippen molar-refractivity contribution in [2.45, 2.75) is 18.9 Å². The normalized spacial score (nSPS) is 14.5. The zero-order valence-corrected chi connectivity index (χ0v) is 11.9. The van der Waals surface area contributed by atoms with Gasteiger partial charge in [-0.15, -0.1) is 13.2 Å². The van der Waals surface area contributed by atoms with Crippen molar-refractivity contribution in [1.82, 2.24) is 14.8 Å². The quantitative estimate of drug-likeness (QED) is 0.883. The minimum absolute atomic E-state index is 0.116. The number of alkyl halides is 3. The molecule has 2 aromatic rings. The van der Waals surface area contributed by atoms with Gasteiger partial charge in [0.25, 0.3) is 0 Å². The van der Waals surface area contributed by atoms with E-state index in [1.807, 2.05) is 0 Å². The van der Waals surface area contributed by atoms with Gasteiger partial charge in [-0.05, 0) is 19.1 Å². The van der Waals surface area contributed by atoms with Crippen molar-refractivity contribution in [1.29, 1.82) is 0 Å². The van der Waals surface area contributed by atoms with Crippen LogP contribution in [0.25, 0.3) is 0 Å². The van der Waals surface area contributed by atoms with Crippen LogP contribution in [0.2, 0.25) is 0 Å². The van der Waals surface area contributed by atoms with E-state index in [9.17, 15) is 18.3 Å². The van der Waals surface area contributed by atoms with Gasteiger partial charge < -0.3 is 15.2 Å². The number of nitrogens with one attached hydrogen (secondary N) is 1. The standard InChI is InChI=1S/C13H15F3N4O2/c1-12(21,9-5-19-20(2)7-9)8-18-11-4-3-10(6-17-11)22-13(14,15)16/h3-7,21H,8H2,1-2H3,(H,17,18). The van der Waals surface area contributed by atoms with Crippen LogP contribution in [0, 0.1) is 0 Å². The predicted octanol–water partition coefficient (Wildman–Crippen LogP) is 2.03. The number of pyridine rings is 1. The second-order valence-corrected chi connectivity index (χ2v) is 4.96. The lowest BCUT2D eigenvalue weighted by atomic mass is 10.00. The minimum atomic E-state index is -4.75. The Morgan fingerprint density at radius 3 is 2.55 bits per heavy atom. The fourth-order valence-electron chi connectivity index (χ4n) is 1.74. The fraction of sp³-hybridized carbons (Fsp3) is 0.385. The molecule has 0 bridgehead atoms. The third kappa shape index (κ3) is 4.35. The van der Waals surface area contributed by atoms with Gasteiger partial charge in [0.2, 0.25) is 0 Å². The fourth-order valence-corrected chi connectivity index (χ4v) is 1.74. The maximum Gasteiger partial charge on any atom is 0.573 e. The Morgan fingerprint density at radius 1 is 1.32 bits per heavy atom. The summed E-state index contributed by atoms with van der Waals surface area (Å²) in [4.78, 5) is 3.80. The summed E-state index contributed by atoms with van der Waals surface area (Å²) in [6, 6.07) is 2.47. The molecular formula is C13H15F3N4O2. The van der Waals surface area contributed by atoms with Crippen molar-refractivity contribution in [3.05, 3.63) is 36.3 Å². The third-order valence-corrected chi connectivity index (χ3v) is 2.91. The van der Waals surface area contributed by atoms with Gasteiger partial charge in [-0.3, -0.25) is 4.68 Å². The van der Waals surface area contributed by atoms with Crippen LogP contribution in [0.1, 0.15) is 12.5 Å². The van der Waals surface area contributed by atoms with Crippen LogP contribution in [0.3, 0.4) is 0 Å². The van der Waals surface area contributed by atoms with E-state index in [-0.39, 0.29) is 6.54 Å². The molecular weight excluding hydrogens is 301 g/mol. The molecule has 1 unspecified atom stereocenters. The van der Waals surface area contributed by atoms with Crippen molar-refractivity contribution in [2.24, 2.45) is 7.05 Å². The Balaban J connectivity index is 1.97. The molecule has 2 aromatic heterocycles. The van der Waals surface area contributed by atoms with Crippen molar-refractivity contribution < 1.29 is 23.0 Å². The van der Waals surface area contributed by atoms with Crippen LogP contribution in [0.15, 0.2) is 30.7 Å².